The molecule has 1 aliphatic heterocycles. The summed E-state index contributed by atoms with van der Waals surface area (Å²) in [7, 11) is 0. The summed E-state index contributed by atoms with van der Waals surface area (Å²) in [4.78, 5) is 36.5. The lowest BCUT2D eigenvalue weighted by Gasteiger charge is -2.15. The lowest BCUT2D eigenvalue weighted by atomic mass is 10.00. The van der Waals surface area contributed by atoms with Crippen molar-refractivity contribution >= 4 is 23.3 Å². The maximum Gasteiger partial charge on any atom is 0.258 e. The van der Waals surface area contributed by atoms with Crippen LogP contribution in [0.15, 0.2) is 66.7 Å². The summed E-state index contributed by atoms with van der Waals surface area (Å²) in [6, 6.07) is 14.6. The van der Waals surface area contributed by atoms with Crippen LogP contribution < -0.4 is 4.90 Å². The van der Waals surface area contributed by atoms with Gasteiger partial charge in [0.2, 0.25) is 0 Å². The number of ketones is 1. The fraction of sp³-hybridized carbons (Fsp3) is 0.0556. The van der Waals surface area contributed by atoms with Gasteiger partial charge in [0, 0.05) is 17.7 Å². The highest BCUT2D eigenvalue weighted by molar-refractivity contribution is 6.28. The lowest BCUT2D eigenvalue weighted by Crippen LogP contribution is -2.29. The van der Waals surface area contributed by atoms with E-state index in [0.717, 1.165) is 4.90 Å². The van der Waals surface area contributed by atoms with E-state index < -0.39 is 23.7 Å². The van der Waals surface area contributed by atoms with E-state index in [-0.39, 0.29) is 0 Å². The van der Waals surface area contributed by atoms with Gasteiger partial charge >= 0.3 is 0 Å². The number of anilines is 1. The van der Waals surface area contributed by atoms with Crippen molar-refractivity contribution in [1.82, 2.24) is 0 Å². The third-order valence-electron chi connectivity index (χ3n) is 3.58. The molecule has 0 bridgehead atoms. The molecular formula is C18H13NO4. The smallest absolute Gasteiger partial charge is 0.258 e. The van der Waals surface area contributed by atoms with Crippen LogP contribution in [0.3, 0.4) is 0 Å². The molecule has 1 N–H and O–H groups in total. The number of Topliss-reactive ketones (excluding diaryl/α,β-unsaturated/α-hetero) is 1. The number of imide groups is 1. The first-order valence-electron chi connectivity index (χ1n) is 7.01. The number of aliphatic hydroxyl groups is 1. The molecule has 5 heteroatoms. The molecule has 3 rings (SSSR count). The third kappa shape index (κ3) is 2.82. The van der Waals surface area contributed by atoms with Crippen LogP contribution in [-0.4, -0.2) is 22.7 Å². The molecule has 1 aliphatic rings. The number of rotatable bonds is 4. The zero-order valence-electron chi connectivity index (χ0n) is 12.0. The number of carbonyl (C=O) groups excluding carboxylic acids is 3. The molecule has 23 heavy (non-hydrogen) atoms. The Morgan fingerprint density at radius 1 is 0.870 bits per heavy atom. The Bertz CT molecular complexity index is 776. The number of carbonyl (C=O) groups is 3. The van der Waals surface area contributed by atoms with Crippen LogP contribution in [0, 0.1) is 0 Å². The van der Waals surface area contributed by atoms with Crippen molar-refractivity contribution in [1.29, 1.82) is 0 Å². The monoisotopic (exact) mass is 307 g/mol. The second-order valence-corrected chi connectivity index (χ2v) is 5.07. The average Bonchev–Trinajstić information content (AvgIpc) is 2.93. The topological polar surface area (TPSA) is 74.7 Å². The van der Waals surface area contributed by atoms with Gasteiger partial charge in [-0.15, -0.1) is 0 Å². The van der Waals surface area contributed by atoms with Crippen molar-refractivity contribution in [2.24, 2.45) is 0 Å². The van der Waals surface area contributed by atoms with Crippen LogP contribution >= 0.6 is 0 Å². The summed E-state index contributed by atoms with van der Waals surface area (Å²) in [6.07, 6.45) is 1.14. The van der Waals surface area contributed by atoms with Crippen molar-refractivity contribution in [2.75, 3.05) is 4.90 Å². The van der Waals surface area contributed by atoms with Gasteiger partial charge in [0.05, 0.1) is 5.69 Å². The first-order chi connectivity index (χ1) is 11.1. The molecule has 2 amide bonds. The molecule has 0 spiro atoms. The van der Waals surface area contributed by atoms with Gasteiger partial charge in [0.15, 0.2) is 5.78 Å². The van der Waals surface area contributed by atoms with Gasteiger partial charge in [-0.25, -0.2) is 4.90 Å². The quantitative estimate of drug-likeness (QED) is 0.693. The fourth-order valence-electron chi connectivity index (χ4n) is 2.37. The highest BCUT2D eigenvalue weighted by Crippen LogP contribution is 2.22. The molecule has 5 nitrogen and oxygen atoms in total. The van der Waals surface area contributed by atoms with Gasteiger partial charge in [-0.3, -0.25) is 14.4 Å². The van der Waals surface area contributed by atoms with Gasteiger partial charge < -0.3 is 5.11 Å². The Balaban J connectivity index is 1.81. The Labute approximate surface area is 132 Å². The molecule has 0 saturated heterocycles. The van der Waals surface area contributed by atoms with Gasteiger partial charge in [-0.05, 0) is 29.8 Å². The summed E-state index contributed by atoms with van der Waals surface area (Å²) in [5.41, 5.74) is 1.20. The highest BCUT2D eigenvalue weighted by Gasteiger charge is 2.25. The maximum absolute atomic E-state index is 12.3. The van der Waals surface area contributed by atoms with Gasteiger partial charge in [0.25, 0.3) is 11.8 Å². The van der Waals surface area contributed by atoms with Crippen molar-refractivity contribution < 1.29 is 19.5 Å². The summed E-state index contributed by atoms with van der Waals surface area (Å²) < 4.78 is 0. The highest BCUT2D eigenvalue weighted by atomic mass is 16.3. The number of nitrogens with zero attached hydrogens (tertiary/aromatic N) is 1. The molecule has 0 saturated carbocycles. The molecular weight excluding hydrogens is 294 g/mol. The number of hydrogen-bond donors (Lipinski definition) is 1. The van der Waals surface area contributed by atoms with E-state index in [0.29, 0.717) is 16.8 Å². The zero-order valence-corrected chi connectivity index (χ0v) is 12.0. The third-order valence-corrected chi connectivity index (χ3v) is 3.58. The lowest BCUT2D eigenvalue weighted by molar-refractivity contribution is -0.119. The second kappa shape index (κ2) is 5.98. The zero-order chi connectivity index (χ0) is 16.4. The predicted molar refractivity (Wildman–Crippen MR) is 83.8 cm³/mol. The van der Waals surface area contributed by atoms with Gasteiger partial charge in [-0.2, -0.15) is 0 Å². The molecule has 114 valence electrons. The van der Waals surface area contributed by atoms with E-state index in [4.69, 9.17) is 0 Å². The van der Waals surface area contributed by atoms with Crippen molar-refractivity contribution in [3.05, 3.63) is 77.9 Å². The second-order valence-electron chi connectivity index (χ2n) is 5.07. The maximum atomic E-state index is 12.3. The summed E-state index contributed by atoms with van der Waals surface area (Å²) in [6.45, 7) is 0. The number of amides is 2. The van der Waals surface area contributed by atoms with Crippen molar-refractivity contribution in [3.8, 4) is 0 Å². The number of benzene rings is 2. The number of aliphatic hydroxyl groups excluding tert-OH is 1. The van der Waals surface area contributed by atoms with E-state index in [2.05, 4.69) is 0 Å². The van der Waals surface area contributed by atoms with Gasteiger partial charge in [0.1, 0.15) is 6.10 Å². The minimum Gasteiger partial charge on any atom is -0.380 e. The molecule has 0 fully saturated rings. The predicted octanol–water partition coefficient (Wildman–Crippen LogP) is 2.03. The van der Waals surface area contributed by atoms with Crippen LogP contribution in [0.5, 0.6) is 0 Å². The Hall–Kier alpha value is -3.05. The van der Waals surface area contributed by atoms with E-state index in [1.807, 2.05) is 0 Å². The Morgan fingerprint density at radius 2 is 1.43 bits per heavy atom. The standard InChI is InChI=1S/C18H13NO4/c20-15-10-11-16(21)19(15)14-8-6-13(7-9-14)18(23)17(22)12-4-2-1-3-5-12/h1-11,17,22H. The first kappa shape index (κ1) is 14.9. The molecule has 0 aliphatic carbocycles. The minimum absolute atomic E-state index is 0.303. The molecule has 0 radical (unpaired) electrons. The van der Waals surface area contributed by atoms with E-state index >= 15 is 0 Å². The Kier molecular flexibility index (Phi) is 3.87. The average molecular weight is 307 g/mol. The van der Waals surface area contributed by atoms with Crippen LogP contribution in [-0.2, 0) is 9.59 Å². The number of hydrogen-bond acceptors (Lipinski definition) is 4. The van der Waals surface area contributed by atoms with Crippen molar-refractivity contribution in [2.45, 2.75) is 6.10 Å². The molecule has 1 heterocycles. The summed E-state index contributed by atoms with van der Waals surface area (Å²) >= 11 is 0. The molecule has 2 aromatic carbocycles. The van der Waals surface area contributed by atoms with Crippen molar-refractivity contribution in [3.63, 3.8) is 0 Å². The molecule has 2 aromatic rings. The summed E-state index contributed by atoms with van der Waals surface area (Å²) in [5.74, 6) is -1.28. The van der Waals surface area contributed by atoms with Crippen LogP contribution in [0.2, 0.25) is 0 Å². The first-order valence-corrected chi connectivity index (χ1v) is 7.01. The molecule has 1 atom stereocenters. The van der Waals surface area contributed by atoms with Crippen LogP contribution in [0.25, 0.3) is 0 Å². The van der Waals surface area contributed by atoms with E-state index in [1.54, 1.807) is 30.3 Å². The SMILES string of the molecule is O=C(c1ccc(N2C(=O)C=CC2=O)cc1)C(O)c1ccccc1. The van der Waals surface area contributed by atoms with Gasteiger partial charge in [-0.1, -0.05) is 30.3 Å². The van der Waals surface area contributed by atoms with E-state index in [9.17, 15) is 19.5 Å². The Morgan fingerprint density at radius 3 is 2.00 bits per heavy atom. The minimum atomic E-state index is -1.25. The molecule has 0 aromatic heterocycles. The molecule has 1 unspecified atom stereocenters. The fourth-order valence-corrected chi connectivity index (χ4v) is 2.37. The normalized spacial score (nSPS) is 15.1. The largest absolute Gasteiger partial charge is 0.380 e. The summed E-state index contributed by atoms with van der Waals surface area (Å²) in [5, 5.41) is 10.1. The van der Waals surface area contributed by atoms with Crippen LogP contribution in [0.1, 0.15) is 22.0 Å². The van der Waals surface area contributed by atoms with Crippen LogP contribution in [0.4, 0.5) is 5.69 Å². The van der Waals surface area contributed by atoms with E-state index in [1.165, 1.54) is 36.4 Å².